The van der Waals surface area contributed by atoms with E-state index in [4.69, 9.17) is 5.73 Å². The van der Waals surface area contributed by atoms with Gasteiger partial charge in [-0.2, -0.15) is 0 Å². The summed E-state index contributed by atoms with van der Waals surface area (Å²) < 4.78 is 32.9. The van der Waals surface area contributed by atoms with E-state index < -0.39 is 11.6 Å². The third kappa shape index (κ3) is 4.50. The fourth-order valence-electron chi connectivity index (χ4n) is 3.44. The summed E-state index contributed by atoms with van der Waals surface area (Å²) >= 11 is 1.41. The van der Waals surface area contributed by atoms with Crippen LogP contribution in [0.15, 0.2) is 73.5 Å². The number of nitrogens with two attached hydrogens (primary N) is 1. The molecule has 2 aromatic carbocycles. The average Bonchev–Trinajstić information content (AvgIpc) is 3.21. The van der Waals surface area contributed by atoms with Gasteiger partial charge in [0.2, 0.25) is 0 Å². The number of hydrogen-bond donors (Lipinski definition) is 2. The van der Waals surface area contributed by atoms with E-state index in [-0.39, 0.29) is 0 Å². The van der Waals surface area contributed by atoms with Gasteiger partial charge in [-0.25, -0.2) is 13.8 Å². The Bertz CT molecular complexity index is 1280. The number of pyridine rings is 1. The molecule has 0 amide bonds. The molecule has 0 saturated carbocycles. The summed E-state index contributed by atoms with van der Waals surface area (Å²) in [4.78, 5) is 8.91. The smallest absolute Gasteiger partial charge is 0.133 e. The molecule has 0 fully saturated rings. The van der Waals surface area contributed by atoms with Crippen molar-refractivity contribution in [1.29, 1.82) is 0 Å². The third-order valence-electron chi connectivity index (χ3n) is 4.91. The first-order valence-corrected chi connectivity index (χ1v) is 11.0. The maximum atomic E-state index is 14.5. The fraction of sp³-hybridized carbons (Fsp3) is 0.0833. The van der Waals surface area contributed by atoms with Crippen molar-refractivity contribution in [2.45, 2.75) is 0 Å². The Morgan fingerprint density at radius 1 is 1.06 bits per heavy atom. The molecule has 2 heterocycles. The van der Waals surface area contributed by atoms with Crippen molar-refractivity contribution in [1.82, 2.24) is 14.5 Å². The van der Waals surface area contributed by atoms with Crippen molar-refractivity contribution in [3.8, 4) is 22.4 Å². The summed E-state index contributed by atoms with van der Waals surface area (Å²) in [5, 5.41) is 0. The molecule has 0 aliphatic carbocycles. The first-order chi connectivity index (χ1) is 15.5. The highest BCUT2D eigenvalue weighted by atomic mass is 32.2. The molecule has 3 N–H and O–H groups in total. The topological polar surface area (TPSA) is 68.8 Å². The Morgan fingerprint density at radius 3 is 2.53 bits per heavy atom. The molecule has 162 valence electrons. The lowest BCUT2D eigenvalue weighted by Gasteiger charge is -2.14. The lowest BCUT2D eigenvalue weighted by Crippen LogP contribution is -1.98. The first-order valence-electron chi connectivity index (χ1n) is 9.75. The van der Waals surface area contributed by atoms with Crippen molar-refractivity contribution in [3.05, 3.63) is 96.3 Å². The van der Waals surface area contributed by atoms with Gasteiger partial charge in [0, 0.05) is 60.4 Å². The summed E-state index contributed by atoms with van der Waals surface area (Å²) in [7, 11) is 1.91. The minimum absolute atomic E-state index is 0.298. The Hall–Kier alpha value is -3.65. The maximum Gasteiger partial charge on any atom is 0.133 e. The second kappa shape index (κ2) is 9.23. The zero-order valence-electron chi connectivity index (χ0n) is 17.5. The number of anilines is 1. The van der Waals surface area contributed by atoms with Gasteiger partial charge >= 0.3 is 0 Å². The SMILES string of the molecule is CSNc1cc(C(=CN)c2ccc(-c3cn(C)cn3)cn2)cc(-c2ccc(F)cc2F)c1. The number of nitrogens with one attached hydrogen (secondary N) is 1. The molecule has 5 nitrogen and oxygen atoms in total. The molecule has 0 bridgehead atoms. The van der Waals surface area contributed by atoms with E-state index in [1.165, 1.54) is 30.3 Å². The number of imidazole rings is 1. The van der Waals surface area contributed by atoms with Gasteiger partial charge in [0.1, 0.15) is 11.6 Å². The van der Waals surface area contributed by atoms with Crippen molar-refractivity contribution >= 4 is 23.2 Å². The van der Waals surface area contributed by atoms with E-state index in [0.29, 0.717) is 22.4 Å². The number of aryl methyl sites for hydroxylation is 1. The lowest BCUT2D eigenvalue weighted by molar-refractivity contribution is 0.585. The largest absolute Gasteiger partial charge is 0.404 e. The molecule has 4 aromatic rings. The molecule has 4 rings (SSSR count). The average molecular weight is 450 g/mol. The van der Waals surface area contributed by atoms with Crippen LogP contribution in [0.2, 0.25) is 0 Å². The zero-order valence-corrected chi connectivity index (χ0v) is 18.3. The molecule has 0 radical (unpaired) electrons. The van der Waals surface area contributed by atoms with E-state index in [2.05, 4.69) is 14.7 Å². The summed E-state index contributed by atoms with van der Waals surface area (Å²) in [5.74, 6) is -1.25. The van der Waals surface area contributed by atoms with E-state index in [1.807, 2.05) is 54.4 Å². The highest BCUT2D eigenvalue weighted by molar-refractivity contribution is 7.99. The predicted octanol–water partition coefficient (Wildman–Crippen LogP) is 5.47. The standard InChI is InChI=1S/C24H21F2N5S/c1-31-13-24(29-14-31)15-3-6-23(28-12-15)21(11-27)17-7-16(8-19(9-17)30-32-2)20-5-4-18(25)10-22(20)26/h3-14,30H,27H2,1-2H3. The molecule has 8 heteroatoms. The van der Waals surface area contributed by atoms with Gasteiger partial charge < -0.3 is 15.0 Å². The first kappa shape index (κ1) is 21.6. The van der Waals surface area contributed by atoms with Crippen LogP contribution in [0.4, 0.5) is 14.5 Å². The van der Waals surface area contributed by atoms with Crippen LogP contribution in [0.25, 0.3) is 28.0 Å². The van der Waals surface area contributed by atoms with Gasteiger partial charge in [-0.05, 0) is 53.6 Å². The minimum Gasteiger partial charge on any atom is -0.404 e. The molecule has 0 unspecified atom stereocenters. The molecule has 0 aliphatic rings. The molecular formula is C24H21F2N5S. The number of nitrogens with zero attached hydrogens (tertiary/aromatic N) is 3. The number of aromatic nitrogens is 3. The van der Waals surface area contributed by atoms with Crippen LogP contribution in [0.5, 0.6) is 0 Å². The Kier molecular flexibility index (Phi) is 6.23. The maximum absolute atomic E-state index is 14.5. The quantitative estimate of drug-likeness (QED) is 0.382. The van der Waals surface area contributed by atoms with E-state index in [1.54, 1.807) is 12.5 Å². The number of hydrogen-bond acceptors (Lipinski definition) is 5. The molecule has 0 saturated heterocycles. The summed E-state index contributed by atoms with van der Waals surface area (Å²) in [6.07, 6.45) is 8.76. The Labute approximate surface area is 189 Å². The van der Waals surface area contributed by atoms with Crippen molar-refractivity contribution in [3.63, 3.8) is 0 Å². The number of benzene rings is 2. The molecule has 2 aromatic heterocycles. The summed E-state index contributed by atoms with van der Waals surface area (Å²) in [6, 6.07) is 12.9. The van der Waals surface area contributed by atoms with Gasteiger partial charge in [0.05, 0.1) is 17.7 Å². The van der Waals surface area contributed by atoms with Crippen LogP contribution in [0, 0.1) is 11.6 Å². The van der Waals surface area contributed by atoms with Crippen LogP contribution in [-0.4, -0.2) is 20.8 Å². The van der Waals surface area contributed by atoms with Gasteiger partial charge in [-0.1, -0.05) is 11.9 Å². The van der Waals surface area contributed by atoms with E-state index in [9.17, 15) is 8.78 Å². The van der Waals surface area contributed by atoms with Gasteiger partial charge in [-0.15, -0.1) is 0 Å². The molecule has 32 heavy (non-hydrogen) atoms. The summed E-state index contributed by atoms with van der Waals surface area (Å²) in [6.45, 7) is 0. The second-order valence-corrected chi connectivity index (χ2v) is 7.78. The predicted molar refractivity (Wildman–Crippen MR) is 127 cm³/mol. The normalized spacial score (nSPS) is 11.6. The van der Waals surface area contributed by atoms with E-state index >= 15 is 0 Å². The van der Waals surface area contributed by atoms with Crippen LogP contribution in [0.3, 0.4) is 0 Å². The van der Waals surface area contributed by atoms with Crippen molar-refractivity contribution in [2.75, 3.05) is 11.0 Å². The second-order valence-electron chi connectivity index (χ2n) is 7.17. The highest BCUT2D eigenvalue weighted by Gasteiger charge is 2.14. The van der Waals surface area contributed by atoms with Gasteiger partial charge in [0.15, 0.2) is 0 Å². The highest BCUT2D eigenvalue weighted by Crippen LogP contribution is 2.33. The van der Waals surface area contributed by atoms with Crippen LogP contribution in [-0.2, 0) is 7.05 Å². The van der Waals surface area contributed by atoms with Gasteiger partial charge in [0.25, 0.3) is 0 Å². The van der Waals surface area contributed by atoms with Crippen molar-refractivity contribution in [2.24, 2.45) is 12.8 Å². The molecular weight excluding hydrogens is 428 g/mol. The number of rotatable bonds is 6. The third-order valence-corrected chi connectivity index (χ3v) is 5.35. The Balaban J connectivity index is 1.75. The monoisotopic (exact) mass is 449 g/mol. The lowest BCUT2D eigenvalue weighted by atomic mass is 9.96. The van der Waals surface area contributed by atoms with Crippen LogP contribution >= 0.6 is 11.9 Å². The molecule has 0 aliphatic heterocycles. The molecule has 0 atom stereocenters. The fourth-order valence-corrected chi connectivity index (χ4v) is 3.79. The van der Waals surface area contributed by atoms with Crippen molar-refractivity contribution < 1.29 is 8.78 Å². The summed E-state index contributed by atoms with van der Waals surface area (Å²) in [5.41, 5.74) is 11.5. The van der Waals surface area contributed by atoms with Gasteiger partial charge in [-0.3, -0.25) is 4.98 Å². The Morgan fingerprint density at radius 2 is 1.91 bits per heavy atom. The van der Waals surface area contributed by atoms with Crippen LogP contribution < -0.4 is 10.5 Å². The van der Waals surface area contributed by atoms with E-state index in [0.717, 1.165) is 28.6 Å². The zero-order chi connectivity index (χ0) is 22.7. The van der Waals surface area contributed by atoms with Crippen LogP contribution in [0.1, 0.15) is 11.3 Å². The molecule has 0 spiro atoms. The number of halogens is 2. The minimum atomic E-state index is -0.631.